The van der Waals surface area contributed by atoms with Crippen LogP contribution in [0.25, 0.3) is 22.3 Å². The topological polar surface area (TPSA) is 83.4 Å². The second-order valence-electron chi connectivity index (χ2n) is 3.70. The van der Waals surface area contributed by atoms with Crippen LogP contribution >= 0.6 is 15.9 Å². The summed E-state index contributed by atoms with van der Waals surface area (Å²) in [7, 11) is 0. The summed E-state index contributed by atoms with van der Waals surface area (Å²) in [6.07, 6.45) is 1.68. The Bertz CT molecular complexity index is 669. The van der Waals surface area contributed by atoms with Crippen molar-refractivity contribution in [2.75, 3.05) is 0 Å². The molecule has 17 heavy (non-hydrogen) atoms. The van der Waals surface area contributed by atoms with Crippen LogP contribution in [-0.2, 0) is 6.54 Å². The van der Waals surface area contributed by atoms with Crippen LogP contribution in [0.5, 0.6) is 0 Å². The van der Waals surface area contributed by atoms with E-state index >= 15 is 0 Å². The SMILES string of the molecule is NCc1[nH]nc(-c2ccc3nc[nH]c3c2)c1Br. The molecule has 2 aromatic heterocycles. The Morgan fingerprint density at radius 2 is 2.24 bits per heavy atom. The molecule has 0 aliphatic rings. The minimum Gasteiger partial charge on any atom is -0.345 e. The van der Waals surface area contributed by atoms with Gasteiger partial charge in [-0.15, -0.1) is 0 Å². The molecule has 0 aliphatic heterocycles. The predicted octanol–water partition coefficient (Wildman–Crippen LogP) is 2.17. The fourth-order valence-electron chi connectivity index (χ4n) is 1.77. The molecule has 3 rings (SSSR count). The van der Waals surface area contributed by atoms with Crippen molar-refractivity contribution in [3.05, 3.63) is 34.7 Å². The summed E-state index contributed by atoms with van der Waals surface area (Å²) in [6.45, 7) is 0.430. The summed E-state index contributed by atoms with van der Waals surface area (Å²) in [5.74, 6) is 0. The van der Waals surface area contributed by atoms with Gasteiger partial charge in [-0.3, -0.25) is 5.10 Å². The Morgan fingerprint density at radius 3 is 3.00 bits per heavy atom. The zero-order valence-corrected chi connectivity index (χ0v) is 10.5. The molecule has 86 valence electrons. The number of hydrogen-bond acceptors (Lipinski definition) is 3. The van der Waals surface area contributed by atoms with Gasteiger partial charge in [0.2, 0.25) is 0 Å². The zero-order chi connectivity index (χ0) is 11.8. The van der Waals surface area contributed by atoms with Gasteiger partial charge >= 0.3 is 0 Å². The average Bonchev–Trinajstić information content (AvgIpc) is 2.94. The third-order valence-corrected chi connectivity index (χ3v) is 3.53. The fraction of sp³-hybridized carbons (Fsp3) is 0.0909. The van der Waals surface area contributed by atoms with Gasteiger partial charge in [-0.25, -0.2) is 4.98 Å². The Hall–Kier alpha value is -1.66. The lowest BCUT2D eigenvalue weighted by atomic mass is 10.1. The van der Waals surface area contributed by atoms with E-state index in [1.165, 1.54) is 0 Å². The van der Waals surface area contributed by atoms with Crippen LogP contribution in [0.4, 0.5) is 0 Å². The Kier molecular flexibility index (Phi) is 2.45. The van der Waals surface area contributed by atoms with Gasteiger partial charge in [-0.05, 0) is 28.1 Å². The lowest BCUT2D eigenvalue weighted by molar-refractivity contribution is 0.945. The lowest BCUT2D eigenvalue weighted by Gasteiger charge is -1.98. The molecule has 4 N–H and O–H groups in total. The number of H-pyrrole nitrogens is 2. The zero-order valence-electron chi connectivity index (χ0n) is 8.87. The van der Waals surface area contributed by atoms with Crippen LogP contribution < -0.4 is 5.73 Å². The third-order valence-electron chi connectivity index (χ3n) is 2.67. The molecule has 0 unspecified atom stereocenters. The molecule has 0 fully saturated rings. The van der Waals surface area contributed by atoms with E-state index in [9.17, 15) is 0 Å². The Labute approximate surface area is 106 Å². The summed E-state index contributed by atoms with van der Waals surface area (Å²) >= 11 is 3.50. The van der Waals surface area contributed by atoms with Gasteiger partial charge in [-0.1, -0.05) is 6.07 Å². The number of hydrogen-bond donors (Lipinski definition) is 3. The number of aromatic nitrogens is 4. The maximum Gasteiger partial charge on any atom is 0.107 e. The number of nitrogens with zero attached hydrogens (tertiary/aromatic N) is 2. The van der Waals surface area contributed by atoms with Crippen molar-refractivity contribution in [1.82, 2.24) is 20.2 Å². The first-order valence-corrected chi connectivity index (χ1v) is 5.95. The highest BCUT2D eigenvalue weighted by Crippen LogP contribution is 2.29. The van der Waals surface area contributed by atoms with Crippen LogP contribution in [0.2, 0.25) is 0 Å². The third kappa shape index (κ3) is 1.65. The first kappa shape index (κ1) is 10.5. The number of rotatable bonds is 2. The summed E-state index contributed by atoms with van der Waals surface area (Å²) in [5, 5.41) is 7.18. The van der Waals surface area contributed by atoms with E-state index in [1.54, 1.807) is 6.33 Å². The molecule has 1 aromatic carbocycles. The average molecular weight is 292 g/mol. The molecule has 3 aromatic rings. The van der Waals surface area contributed by atoms with Crippen molar-refractivity contribution >= 4 is 27.0 Å². The molecular formula is C11H10BrN5. The lowest BCUT2D eigenvalue weighted by Crippen LogP contribution is -1.96. The minimum absolute atomic E-state index is 0.430. The van der Waals surface area contributed by atoms with E-state index in [0.717, 1.165) is 32.5 Å². The first-order chi connectivity index (χ1) is 8.29. The van der Waals surface area contributed by atoms with E-state index in [0.29, 0.717) is 6.54 Å². The number of fused-ring (bicyclic) bond motifs is 1. The van der Waals surface area contributed by atoms with Crippen molar-refractivity contribution < 1.29 is 0 Å². The number of aromatic amines is 2. The largest absolute Gasteiger partial charge is 0.345 e. The molecular weight excluding hydrogens is 282 g/mol. The predicted molar refractivity (Wildman–Crippen MR) is 69.3 cm³/mol. The summed E-state index contributed by atoms with van der Waals surface area (Å²) in [6, 6.07) is 5.97. The van der Waals surface area contributed by atoms with Crippen LogP contribution in [0.15, 0.2) is 29.0 Å². The maximum absolute atomic E-state index is 5.60. The van der Waals surface area contributed by atoms with E-state index in [-0.39, 0.29) is 0 Å². The molecule has 0 saturated heterocycles. The van der Waals surface area contributed by atoms with Crippen molar-refractivity contribution in [3.8, 4) is 11.3 Å². The number of imidazole rings is 1. The van der Waals surface area contributed by atoms with Gasteiger partial charge in [0.25, 0.3) is 0 Å². The highest BCUT2D eigenvalue weighted by molar-refractivity contribution is 9.10. The van der Waals surface area contributed by atoms with Crippen molar-refractivity contribution in [3.63, 3.8) is 0 Å². The number of nitrogens with two attached hydrogens (primary N) is 1. The number of benzene rings is 1. The van der Waals surface area contributed by atoms with Crippen LogP contribution in [0.3, 0.4) is 0 Å². The van der Waals surface area contributed by atoms with E-state index in [4.69, 9.17) is 5.73 Å². The normalized spacial score (nSPS) is 11.2. The van der Waals surface area contributed by atoms with E-state index in [2.05, 4.69) is 36.1 Å². The molecule has 0 saturated carbocycles. The first-order valence-electron chi connectivity index (χ1n) is 5.16. The Balaban J connectivity index is 2.16. The number of nitrogens with one attached hydrogen (secondary N) is 2. The summed E-state index contributed by atoms with van der Waals surface area (Å²) < 4.78 is 0.916. The standard InChI is InChI=1S/C11H10BrN5/c12-10-9(4-13)16-17-11(10)6-1-2-7-8(3-6)15-5-14-7/h1-3,5H,4,13H2,(H,14,15)(H,16,17). The fourth-order valence-corrected chi connectivity index (χ4v) is 2.34. The molecule has 0 spiro atoms. The van der Waals surface area contributed by atoms with Crippen LogP contribution in [0.1, 0.15) is 5.69 Å². The maximum atomic E-state index is 5.60. The van der Waals surface area contributed by atoms with Gasteiger partial charge < -0.3 is 10.7 Å². The van der Waals surface area contributed by atoms with Gasteiger partial charge in [-0.2, -0.15) is 5.10 Å². The Morgan fingerprint density at radius 1 is 1.35 bits per heavy atom. The van der Waals surface area contributed by atoms with Gasteiger partial charge in [0, 0.05) is 12.1 Å². The molecule has 0 bridgehead atoms. The van der Waals surface area contributed by atoms with E-state index < -0.39 is 0 Å². The van der Waals surface area contributed by atoms with Gasteiger partial charge in [0.1, 0.15) is 5.69 Å². The molecule has 0 aliphatic carbocycles. The summed E-state index contributed by atoms with van der Waals surface area (Å²) in [4.78, 5) is 7.26. The molecule has 0 amide bonds. The van der Waals surface area contributed by atoms with Gasteiger partial charge in [0.05, 0.1) is 27.5 Å². The summed E-state index contributed by atoms with van der Waals surface area (Å²) in [5.41, 5.74) is 10.3. The monoisotopic (exact) mass is 291 g/mol. The second kappa shape index (κ2) is 3.97. The number of halogens is 1. The van der Waals surface area contributed by atoms with Crippen LogP contribution in [0, 0.1) is 0 Å². The van der Waals surface area contributed by atoms with Crippen molar-refractivity contribution in [2.45, 2.75) is 6.54 Å². The molecule has 0 radical (unpaired) electrons. The molecule has 6 heteroatoms. The molecule has 2 heterocycles. The smallest absolute Gasteiger partial charge is 0.107 e. The minimum atomic E-state index is 0.430. The van der Waals surface area contributed by atoms with Gasteiger partial charge in [0.15, 0.2) is 0 Å². The van der Waals surface area contributed by atoms with Crippen LogP contribution in [-0.4, -0.2) is 20.2 Å². The molecule has 5 nitrogen and oxygen atoms in total. The van der Waals surface area contributed by atoms with Crippen molar-refractivity contribution in [1.29, 1.82) is 0 Å². The highest BCUT2D eigenvalue weighted by Gasteiger charge is 2.11. The highest BCUT2D eigenvalue weighted by atomic mass is 79.9. The van der Waals surface area contributed by atoms with E-state index in [1.807, 2.05) is 18.2 Å². The molecule has 0 atom stereocenters. The van der Waals surface area contributed by atoms with Crippen molar-refractivity contribution in [2.24, 2.45) is 5.73 Å². The quantitative estimate of drug-likeness (QED) is 0.677. The second-order valence-corrected chi connectivity index (χ2v) is 4.50.